The molecule has 232 valence electrons. The number of benzene rings is 1. The largest absolute Gasteiger partial charge is 0.440 e. The van der Waals surface area contributed by atoms with Crippen LogP contribution < -0.4 is 5.32 Å². The Bertz CT molecular complexity index is 919. The van der Waals surface area contributed by atoms with Gasteiger partial charge in [-0.2, -0.15) is 0 Å². The highest BCUT2D eigenvalue weighted by molar-refractivity contribution is 5.84. The zero-order chi connectivity index (χ0) is 29.1. The van der Waals surface area contributed by atoms with Crippen LogP contribution in [-0.2, 0) is 23.7 Å². The molecule has 0 saturated carbocycles. The van der Waals surface area contributed by atoms with E-state index in [9.17, 15) is 4.79 Å². The number of hydrogen-bond acceptors (Lipinski definition) is 7. The molecule has 1 N–H and O–H groups in total. The lowest BCUT2D eigenvalue weighted by Gasteiger charge is -2.29. The van der Waals surface area contributed by atoms with Gasteiger partial charge in [0, 0.05) is 12.3 Å². The van der Waals surface area contributed by atoms with Crippen LogP contribution in [0.5, 0.6) is 0 Å². The van der Waals surface area contributed by atoms with E-state index in [0.717, 1.165) is 50.9 Å². The summed E-state index contributed by atoms with van der Waals surface area (Å²) in [7, 11) is 0. The highest BCUT2D eigenvalue weighted by Crippen LogP contribution is 2.47. The van der Waals surface area contributed by atoms with Gasteiger partial charge in [-0.1, -0.05) is 69.6 Å². The van der Waals surface area contributed by atoms with E-state index in [1.165, 1.54) is 51.4 Å². The van der Waals surface area contributed by atoms with E-state index in [0.29, 0.717) is 12.3 Å². The number of hydrogen-bond donors (Lipinski definition) is 1. The lowest BCUT2D eigenvalue weighted by atomic mass is 10.0. The summed E-state index contributed by atoms with van der Waals surface area (Å²) in [6.45, 7) is 12.2. The number of unbranched alkanes of at least 4 members (excludes halogenated alkanes) is 7. The highest BCUT2D eigenvalue weighted by atomic mass is 16.9. The number of carbonyl (C=O) groups excluding carboxylic acids is 1. The molecule has 0 bridgehead atoms. The van der Waals surface area contributed by atoms with E-state index >= 15 is 0 Å². The molecule has 3 aliphatic heterocycles. The van der Waals surface area contributed by atoms with E-state index in [1.807, 2.05) is 45.0 Å². The lowest BCUT2D eigenvalue weighted by molar-refractivity contribution is -0.278. The maximum Gasteiger partial charge on any atom is 0.412 e. The van der Waals surface area contributed by atoms with Gasteiger partial charge in [0.1, 0.15) is 12.7 Å². The molecule has 0 aromatic heterocycles. The van der Waals surface area contributed by atoms with Gasteiger partial charge in [-0.3, -0.25) is 5.32 Å². The summed E-state index contributed by atoms with van der Waals surface area (Å²) >= 11 is 0. The summed E-state index contributed by atoms with van der Waals surface area (Å²) in [5.74, 6) is -1.97. The van der Waals surface area contributed by atoms with Gasteiger partial charge < -0.3 is 28.6 Å². The second kappa shape index (κ2) is 15.7. The van der Waals surface area contributed by atoms with Gasteiger partial charge in [0.05, 0.1) is 0 Å². The molecule has 8 heteroatoms. The summed E-state index contributed by atoms with van der Waals surface area (Å²) in [5.41, 5.74) is 1.82. The van der Waals surface area contributed by atoms with Crippen LogP contribution in [0.2, 0.25) is 0 Å². The Labute approximate surface area is 247 Å². The first-order valence-corrected chi connectivity index (χ1v) is 16.2. The van der Waals surface area contributed by atoms with Crippen molar-refractivity contribution in [2.24, 2.45) is 0 Å². The van der Waals surface area contributed by atoms with Gasteiger partial charge in [0.2, 0.25) is 5.79 Å². The minimum Gasteiger partial charge on any atom is -0.440 e. The first-order valence-electron chi connectivity index (χ1n) is 16.2. The molecule has 41 heavy (non-hydrogen) atoms. The predicted molar refractivity (Wildman–Crippen MR) is 161 cm³/mol. The topological polar surface area (TPSA) is 78.5 Å². The number of aryl methyl sites for hydroxylation is 1. The van der Waals surface area contributed by atoms with Crippen LogP contribution in [0.1, 0.15) is 103 Å². The number of anilines is 1. The second-order valence-electron chi connectivity index (χ2n) is 12.6. The van der Waals surface area contributed by atoms with Gasteiger partial charge in [-0.15, -0.1) is 0 Å². The van der Waals surface area contributed by atoms with Crippen LogP contribution in [0, 0.1) is 6.92 Å². The number of rotatable bonds is 17. The number of carbonyl (C=O) groups is 1. The molecule has 0 aliphatic carbocycles. The standard InChI is InChI=1S/C33H54N2O6/c1-5-6-7-8-9-10-11-14-24-37-25-33-30(40-32(3,4)41-33)29(28(39-33)16-15-23-35-21-12-13-22-35)38-31(36)34-27-19-17-26(2)18-20-27/h17-20,28-30H,5-16,21-25H2,1-4H3,(H,34,36)/t28-,29+,30-,33-/m0/s1. The van der Waals surface area contributed by atoms with Gasteiger partial charge in [-0.25, -0.2) is 4.79 Å². The molecule has 3 heterocycles. The molecule has 4 rings (SSSR count). The predicted octanol–water partition coefficient (Wildman–Crippen LogP) is 7.19. The first kappa shape index (κ1) is 32.2. The lowest BCUT2D eigenvalue weighted by Crippen LogP contribution is -2.46. The molecule has 3 saturated heterocycles. The summed E-state index contributed by atoms with van der Waals surface area (Å²) in [6.07, 6.45) is 12.2. The fourth-order valence-electron chi connectivity index (χ4n) is 6.31. The summed E-state index contributed by atoms with van der Waals surface area (Å²) in [5, 5.41) is 2.87. The highest BCUT2D eigenvalue weighted by Gasteiger charge is 2.66. The molecule has 8 nitrogen and oxygen atoms in total. The third kappa shape index (κ3) is 9.65. The summed E-state index contributed by atoms with van der Waals surface area (Å²) in [4.78, 5) is 15.5. The number of nitrogens with zero attached hydrogens (tertiary/aromatic N) is 1. The third-order valence-corrected chi connectivity index (χ3v) is 8.43. The van der Waals surface area contributed by atoms with Crippen LogP contribution in [0.4, 0.5) is 10.5 Å². The quantitative estimate of drug-likeness (QED) is 0.197. The molecular weight excluding hydrogens is 520 g/mol. The molecule has 1 aromatic carbocycles. The van der Waals surface area contributed by atoms with E-state index in [2.05, 4.69) is 17.1 Å². The molecule has 1 amide bonds. The Balaban J connectivity index is 1.35. The van der Waals surface area contributed by atoms with Gasteiger partial charge >= 0.3 is 6.09 Å². The Morgan fingerprint density at radius 2 is 1.66 bits per heavy atom. The van der Waals surface area contributed by atoms with Crippen molar-refractivity contribution in [2.75, 3.05) is 38.2 Å². The van der Waals surface area contributed by atoms with Gasteiger partial charge in [-0.05, 0) is 84.6 Å². The number of ether oxygens (including phenoxy) is 5. The molecule has 0 radical (unpaired) electrons. The number of likely N-dealkylation sites (tertiary alicyclic amines) is 1. The Morgan fingerprint density at radius 1 is 0.976 bits per heavy atom. The van der Waals surface area contributed by atoms with Crippen LogP contribution in [0.25, 0.3) is 0 Å². The molecule has 0 unspecified atom stereocenters. The first-order chi connectivity index (χ1) is 19.8. The minimum atomic E-state index is -1.10. The van der Waals surface area contributed by atoms with Gasteiger partial charge in [0.25, 0.3) is 0 Å². The van der Waals surface area contributed by atoms with E-state index < -0.39 is 29.9 Å². The van der Waals surface area contributed by atoms with Crippen molar-refractivity contribution in [3.05, 3.63) is 29.8 Å². The van der Waals surface area contributed by atoms with Crippen LogP contribution in [0.3, 0.4) is 0 Å². The van der Waals surface area contributed by atoms with E-state index in [1.54, 1.807) is 0 Å². The zero-order valence-electron chi connectivity index (χ0n) is 26.0. The monoisotopic (exact) mass is 574 g/mol. The van der Waals surface area contributed by atoms with Crippen LogP contribution >= 0.6 is 0 Å². The minimum absolute atomic E-state index is 0.250. The second-order valence-corrected chi connectivity index (χ2v) is 12.6. The zero-order valence-corrected chi connectivity index (χ0v) is 26.0. The Morgan fingerprint density at radius 3 is 2.37 bits per heavy atom. The Hall–Kier alpha value is -1.71. The van der Waals surface area contributed by atoms with E-state index in [4.69, 9.17) is 23.7 Å². The van der Waals surface area contributed by atoms with Crippen LogP contribution in [0.15, 0.2) is 24.3 Å². The molecule has 4 atom stereocenters. The smallest absolute Gasteiger partial charge is 0.412 e. The molecule has 0 spiro atoms. The summed E-state index contributed by atoms with van der Waals surface area (Å²) < 4.78 is 31.6. The van der Waals surface area contributed by atoms with Crippen molar-refractivity contribution < 1.29 is 28.5 Å². The third-order valence-electron chi connectivity index (χ3n) is 8.43. The maximum atomic E-state index is 13.1. The van der Waals surface area contributed by atoms with Crippen LogP contribution in [-0.4, -0.2) is 73.7 Å². The summed E-state index contributed by atoms with van der Waals surface area (Å²) in [6, 6.07) is 7.66. The average molecular weight is 575 g/mol. The molecule has 3 fully saturated rings. The maximum absolute atomic E-state index is 13.1. The fraction of sp³-hybridized carbons (Fsp3) is 0.788. The number of amides is 1. The van der Waals surface area contributed by atoms with Crippen molar-refractivity contribution in [1.82, 2.24) is 4.90 Å². The SMILES string of the molecule is CCCCCCCCCCOC[C@@]12O[C@@H](CCCN3CCCC3)[C@@H](OC(=O)Nc3ccc(C)cc3)[C@@H]1OC(C)(C)O2. The number of fused-ring (bicyclic) bond motifs is 1. The molecule has 3 aliphatic rings. The van der Waals surface area contributed by atoms with Gasteiger partial charge in [0.15, 0.2) is 18.0 Å². The average Bonchev–Trinajstić information content (AvgIpc) is 3.60. The Kier molecular flexibility index (Phi) is 12.3. The van der Waals surface area contributed by atoms with Crippen molar-refractivity contribution in [3.8, 4) is 0 Å². The normalized spacial score (nSPS) is 27.3. The van der Waals surface area contributed by atoms with Crippen molar-refractivity contribution >= 4 is 11.8 Å². The van der Waals surface area contributed by atoms with Crippen molar-refractivity contribution in [1.29, 1.82) is 0 Å². The fourth-order valence-corrected chi connectivity index (χ4v) is 6.31. The van der Waals surface area contributed by atoms with Crippen molar-refractivity contribution in [3.63, 3.8) is 0 Å². The number of nitrogens with one attached hydrogen (secondary N) is 1. The van der Waals surface area contributed by atoms with Crippen molar-refractivity contribution in [2.45, 2.75) is 135 Å². The molecule has 1 aromatic rings. The molecular formula is C33H54N2O6. The van der Waals surface area contributed by atoms with E-state index in [-0.39, 0.29) is 12.7 Å².